The van der Waals surface area contributed by atoms with Gasteiger partial charge in [0.05, 0.1) is 16.3 Å². The fourth-order valence-electron chi connectivity index (χ4n) is 2.99. The molecule has 0 amide bonds. The van der Waals surface area contributed by atoms with Crippen LogP contribution in [-0.2, 0) is 4.74 Å². The van der Waals surface area contributed by atoms with Gasteiger partial charge in [-0.3, -0.25) is 4.99 Å². The van der Waals surface area contributed by atoms with Gasteiger partial charge < -0.3 is 15.8 Å². The Hall–Kier alpha value is -1.56. The lowest BCUT2D eigenvalue weighted by molar-refractivity contribution is -0.0705. The number of pyridine rings is 1. The average molecular weight is 397 g/mol. The Balaban J connectivity index is 2.14. The molecule has 0 aliphatic carbocycles. The number of halogens is 2. The molecule has 0 saturated carbocycles. The van der Waals surface area contributed by atoms with E-state index in [2.05, 4.69) is 24.1 Å². The highest BCUT2D eigenvalue weighted by atomic mass is 35.5. The third-order valence-electron chi connectivity index (χ3n) is 4.18. The molecule has 1 aromatic heterocycles. The van der Waals surface area contributed by atoms with Crippen LogP contribution in [0.4, 0.5) is 5.82 Å². The summed E-state index contributed by atoms with van der Waals surface area (Å²) < 4.78 is 5.78. The molecule has 1 aliphatic heterocycles. The molecule has 2 rings (SSSR count). The van der Waals surface area contributed by atoms with E-state index in [0.29, 0.717) is 28.0 Å². The second kappa shape index (κ2) is 9.40. The van der Waals surface area contributed by atoms with Gasteiger partial charge in [-0.2, -0.15) is 0 Å². The second-order valence-corrected chi connectivity index (χ2v) is 7.56. The number of nitrogens with zero attached hydrogens (tertiary/aromatic N) is 2. The second-order valence-electron chi connectivity index (χ2n) is 6.93. The van der Waals surface area contributed by atoms with Crippen molar-refractivity contribution in [2.45, 2.75) is 39.2 Å². The van der Waals surface area contributed by atoms with Crippen LogP contribution in [0.5, 0.6) is 0 Å². The molecule has 1 atom stereocenters. The van der Waals surface area contributed by atoms with E-state index in [1.54, 1.807) is 6.07 Å². The van der Waals surface area contributed by atoms with Crippen molar-refractivity contribution in [3.8, 4) is 0 Å². The Morgan fingerprint density at radius 2 is 2.31 bits per heavy atom. The molecule has 0 bridgehead atoms. The topological polar surface area (TPSA) is 72.5 Å². The molecule has 1 fully saturated rings. The summed E-state index contributed by atoms with van der Waals surface area (Å²) >= 11 is 12.2. The van der Waals surface area contributed by atoms with Crippen molar-refractivity contribution in [1.82, 2.24) is 10.3 Å². The monoisotopic (exact) mass is 396 g/mol. The Kier molecular flexibility index (Phi) is 7.50. The van der Waals surface area contributed by atoms with E-state index in [-0.39, 0.29) is 5.60 Å². The summed E-state index contributed by atoms with van der Waals surface area (Å²) in [5.41, 5.74) is 8.41. The Labute approximate surface area is 165 Å². The highest BCUT2D eigenvalue weighted by molar-refractivity contribution is 6.34. The number of nitrogens with two attached hydrogens (primary N) is 1. The molecule has 1 unspecified atom stereocenters. The minimum Gasteiger partial charge on any atom is -0.384 e. The van der Waals surface area contributed by atoms with Gasteiger partial charge in [0.25, 0.3) is 0 Å². The average Bonchev–Trinajstić information content (AvgIpc) is 2.59. The van der Waals surface area contributed by atoms with E-state index in [1.165, 1.54) is 11.7 Å². The number of aromatic nitrogens is 1. The third kappa shape index (κ3) is 6.01. The summed E-state index contributed by atoms with van der Waals surface area (Å²) in [5.74, 6) is 1.58. The van der Waals surface area contributed by atoms with Crippen molar-refractivity contribution in [1.29, 1.82) is 0 Å². The van der Waals surface area contributed by atoms with Crippen molar-refractivity contribution in [2.24, 2.45) is 10.9 Å². The predicted molar refractivity (Wildman–Crippen MR) is 110 cm³/mol. The van der Waals surface area contributed by atoms with Gasteiger partial charge in [0, 0.05) is 30.4 Å². The van der Waals surface area contributed by atoms with Crippen LogP contribution >= 0.6 is 23.2 Å². The fourth-order valence-corrected chi connectivity index (χ4v) is 3.36. The van der Waals surface area contributed by atoms with E-state index in [1.807, 2.05) is 19.1 Å². The number of aliphatic imine (C=N–C) groups is 1. The number of hydrogen-bond donors (Lipinski definition) is 2. The van der Waals surface area contributed by atoms with E-state index in [4.69, 9.17) is 38.7 Å². The zero-order valence-electron chi connectivity index (χ0n) is 15.4. The quantitative estimate of drug-likeness (QED) is 0.562. The van der Waals surface area contributed by atoms with Gasteiger partial charge in [-0.15, -0.1) is 0 Å². The highest BCUT2D eigenvalue weighted by Crippen LogP contribution is 2.29. The fraction of sp³-hybridized carbons (Fsp3) is 0.474. The summed E-state index contributed by atoms with van der Waals surface area (Å²) in [5, 5.41) is 3.71. The van der Waals surface area contributed by atoms with Crippen molar-refractivity contribution in [2.75, 3.05) is 18.9 Å². The molecule has 26 heavy (non-hydrogen) atoms. The van der Waals surface area contributed by atoms with Gasteiger partial charge in [-0.05, 0) is 51.7 Å². The molecule has 1 aliphatic rings. The molecule has 1 saturated heterocycles. The molecule has 5 nitrogen and oxygen atoms in total. The first-order valence-corrected chi connectivity index (χ1v) is 9.46. The number of hydrogen-bond acceptors (Lipinski definition) is 4. The van der Waals surface area contributed by atoms with Crippen LogP contribution in [0.2, 0.25) is 5.02 Å². The lowest BCUT2D eigenvalue weighted by Crippen LogP contribution is -2.35. The van der Waals surface area contributed by atoms with Gasteiger partial charge in [0.1, 0.15) is 11.7 Å². The van der Waals surface area contributed by atoms with Crippen LogP contribution in [0.3, 0.4) is 0 Å². The first-order valence-electron chi connectivity index (χ1n) is 8.64. The van der Waals surface area contributed by atoms with Crippen LogP contribution in [0.25, 0.3) is 5.70 Å². The smallest absolute Gasteiger partial charge is 0.124 e. The van der Waals surface area contributed by atoms with Gasteiger partial charge in [-0.1, -0.05) is 29.3 Å². The van der Waals surface area contributed by atoms with Crippen molar-refractivity contribution in [3.63, 3.8) is 0 Å². The van der Waals surface area contributed by atoms with E-state index in [9.17, 15) is 0 Å². The molecular weight excluding hydrogens is 371 g/mol. The standard InChI is InChI=1S/C19H26Cl2N4O/c1-4-5-18(24-11-13-6-7-26-19(2,3)9-13)25-16(10-20)14-8-17(22)23-12-15(14)21/h4-5,8,10,12-13H,6-7,9,11H2,1-3H3,(H2,22,23)(H,24,25)/b5-4-,16-10+. The Morgan fingerprint density at radius 3 is 2.96 bits per heavy atom. The van der Waals surface area contributed by atoms with Gasteiger partial charge in [-0.25, -0.2) is 4.98 Å². The lowest BCUT2D eigenvalue weighted by Gasteiger charge is -2.34. The maximum Gasteiger partial charge on any atom is 0.124 e. The molecule has 2 heterocycles. The Bertz CT molecular complexity index is 713. The van der Waals surface area contributed by atoms with E-state index in [0.717, 1.165) is 31.8 Å². The summed E-state index contributed by atoms with van der Waals surface area (Å²) in [4.78, 5) is 8.72. The number of nitrogens with one attached hydrogen (secondary N) is 1. The largest absolute Gasteiger partial charge is 0.384 e. The molecule has 7 heteroatoms. The molecule has 0 aromatic carbocycles. The molecule has 142 valence electrons. The maximum atomic E-state index is 6.23. The van der Waals surface area contributed by atoms with Gasteiger partial charge in [0.2, 0.25) is 0 Å². The van der Waals surface area contributed by atoms with Crippen LogP contribution < -0.4 is 11.1 Å². The van der Waals surface area contributed by atoms with Crippen LogP contribution in [0.1, 0.15) is 39.2 Å². The van der Waals surface area contributed by atoms with Crippen molar-refractivity contribution in [3.05, 3.63) is 40.5 Å². The van der Waals surface area contributed by atoms with Gasteiger partial charge >= 0.3 is 0 Å². The van der Waals surface area contributed by atoms with E-state index < -0.39 is 0 Å². The summed E-state index contributed by atoms with van der Waals surface area (Å²) in [6, 6.07) is 1.68. The summed E-state index contributed by atoms with van der Waals surface area (Å²) in [7, 11) is 0. The predicted octanol–water partition coefficient (Wildman–Crippen LogP) is 4.62. The molecule has 1 aromatic rings. The van der Waals surface area contributed by atoms with Crippen LogP contribution in [0.15, 0.2) is 34.9 Å². The van der Waals surface area contributed by atoms with Crippen molar-refractivity contribution < 1.29 is 4.74 Å². The number of ether oxygens (including phenoxy) is 1. The normalized spacial score (nSPS) is 21.2. The van der Waals surface area contributed by atoms with Crippen LogP contribution in [0, 0.1) is 5.92 Å². The SMILES string of the molecule is C/C=C\C(=NCC1CCOC(C)(C)C1)N/C(=C/Cl)c1cc(N)ncc1Cl. The number of amidine groups is 1. The summed E-state index contributed by atoms with van der Waals surface area (Å²) in [6.45, 7) is 7.69. The first-order chi connectivity index (χ1) is 12.3. The Morgan fingerprint density at radius 1 is 1.54 bits per heavy atom. The molecular formula is C19H26Cl2N4O. The molecule has 0 radical (unpaired) electrons. The number of allylic oxidation sites excluding steroid dienone is 1. The molecule has 0 spiro atoms. The van der Waals surface area contributed by atoms with Gasteiger partial charge in [0.15, 0.2) is 0 Å². The van der Waals surface area contributed by atoms with Crippen LogP contribution in [-0.4, -0.2) is 29.6 Å². The maximum absolute atomic E-state index is 6.23. The minimum absolute atomic E-state index is 0.0874. The zero-order chi connectivity index (χ0) is 19.2. The van der Waals surface area contributed by atoms with E-state index >= 15 is 0 Å². The summed E-state index contributed by atoms with van der Waals surface area (Å²) in [6.07, 6.45) is 7.34. The minimum atomic E-state index is -0.0874. The highest BCUT2D eigenvalue weighted by Gasteiger charge is 2.28. The lowest BCUT2D eigenvalue weighted by atomic mass is 9.88. The first kappa shape index (κ1) is 20.7. The zero-order valence-corrected chi connectivity index (χ0v) is 16.9. The number of anilines is 1. The third-order valence-corrected chi connectivity index (χ3v) is 4.70. The number of rotatable bonds is 5. The number of nitrogen functional groups attached to an aromatic ring is 1. The molecule has 3 N–H and O–H groups in total. The van der Waals surface area contributed by atoms with Crippen molar-refractivity contribution >= 4 is 40.6 Å².